The molecule has 3 aromatic rings. The van der Waals surface area contributed by atoms with E-state index in [9.17, 15) is 4.79 Å². The first-order valence-electron chi connectivity index (χ1n) is 9.58. The number of hydrogen-bond acceptors (Lipinski definition) is 4. The van der Waals surface area contributed by atoms with Crippen molar-refractivity contribution in [2.24, 2.45) is 0 Å². The number of fused-ring (bicyclic) bond motifs is 1. The van der Waals surface area contributed by atoms with E-state index in [-0.39, 0.29) is 12.5 Å². The maximum absolute atomic E-state index is 12.5. The molecule has 4 rings (SSSR count). The van der Waals surface area contributed by atoms with Gasteiger partial charge in [0.05, 0.1) is 15.2 Å². The van der Waals surface area contributed by atoms with Gasteiger partial charge in [0, 0.05) is 19.0 Å². The first-order valence-corrected chi connectivity index (χ1v) is 10.4. The van der Waals surface area contributed by atoms with Crippen molar-refractivity contribution in [2.75, 3.05) is 19.7 Å². The van der Waals surface area contributed by atoms with Crippen molar-refractivity contribution in [3.8, 4) is 5.75 Å². The zero-order chi connectivity index (χ0) is 18.6. The number of carbonyl (C=O) groups is 1. The van der Waals surface area contributed by atoms with Crippen molar-refractivity contribution in [3.05, 3.63) is 59.1 Å². The summed E-state index contributed by atoms with van der Waals surface area (Å²) in [6, 6.07) is 16.2. The number of likely N-dealkylation sites (tertiary alicyclic amines) is 1. The van der Waals surface area contributed by atoms with E-state index in [0.717, 1.165) is 43.6 Å². The van der Waals surface area contributed by atoms with E-state index in [4.69, 9.17) is 9.72 Å². The highest BCUT2D eigenvalue weighted by Gasteiger charge is 2.26. The minimum atomic E-state index is 0.0670. The summed E-state index contributed by atoms with van der Waals surface area (Å²) in [6.45, 7) is 3.78. The van der Waals surface area contributed by atoms with Crippen molar-refractivity contribution in [1.82, 2.24) is 9.88 Å². The van der Waals surface area contributed by atoms with E-state index in [2.05, 4.69) is 25.1 Å². The van der Waals surface area contributed by atoms with E-state index in [1.54, 1.807) is 11.3 Å². The van der Waals surface area contributed by atoms with Crippen LogP contribution >= 0.6 is 11.3 Å². The predicted octanol–water partition coefficient (Wildman–Crippen LogP) is 4.64. The fourth-order valence-corrected chi connectivity index (χ4v) is 4.63. The lowest BCUT2D eigenvalue weighted by atomic mass is 9.97. The topological polar surface area (TPSA) is 42.4 Å². The van der Waals surface area contributed by atoms with Crippen LogP contribution in [-0.4, -0.2) is 35.5 Å². The van der Waals surface area contributed by atoms with Crippen molar-refractivity contribution >= 4 is 27.5 Å². The molecule has 0 N–H and O–H groups in total. The summed E-state index contributed by atoms with van der Waals surface area (Å²) in [7, 11) is 0. The summed E-state index contributed by atoms with van der Waals surface area (Å²) in [5.41, 5.74) is 2.35. The molecule has 0 aliphatic carbocycles. The van der Waals surface area contributed by atoms with Gasteiger partial charge in [-0.15, -0.1) is 11.3 Å². The molecule has 1 amide bonds. The molecule has 2 aromatic carbocycles. The third-order valence-corrected chi connectivity index (χ3v) is 6.40. The third-order valence-electron chi connectivity index (χ3n) is 5.20. The molecule has 1 saturated heterocycles. The van der Waals surface area contributed by atoms with Gasteiger partial charge in [0.2, 0.25) is 0 Å². The van der Waals surface area contributed by atoms with Gasteiger partial charge >= 0.3 is 0 Å². The van der Waals surface area contributed by atoms with Crippen LogP contribution in [-0.2, 0) is 11.2 Å². The number of aryl methyl sites for hydroxylation is 1. The van der Waals surface area contributed by atoms with Crippen LogP contribution in [0.25, 0.3) is 10.2 Å². The number of carbonyl (C=O) groups excluding carboxylic acids is 1. The van der Waals surface area contributed by atoms with Crippen LogP contribution in [0, 0.1) is 0 Å². The fraction of sp³-hybridized carbons (Fsp3) is 0.364. The zero-order valence-electron chi connectivity index (χ0n) is 15.6. The van der Waals surface area contributed by atoms with E-state index in [1.165, 1.54) is 15.3 Å². The van der Waals surface area contributed by atoms with Gasteiger partial charge in [-0.25, -0.2) is 4.98 Å². The van der Waals surface area contributed by atoms with Gasteiger partial charge in [-0.05, 0) is 49.1 Å². The lowest BCUT2D eigenvalue weighted by Gasteiger charge is -2.31. The molecule has 0 unspecified atom stereocenters. The Bertz CT molecular complexity index is 878. The first-order chi connectivity index (χ1) is 13.2. The van der Waals surface area contributed by atoms with Crippen LogP contribution in [0.15, 0.2) is 48.5 Å². The van der Waals surface area contributed by atoms with Gasteiger partial charge < -0.3 is 9.64 Å². The number of hydrogen-bond donors (Lipinski definition) is 0. The van der Waals surface area contributed by atoms with Gasteiger partial charge in [0.1, 0.15) is 5.75 Å². The highest BCUT2D eigenvalue weighted by Crippen LogP contribution is 2.33. The number of ether oxygens (including phenoxy) is 1. The second-order valence-electron chi connectivity index (χ2n) is 6.96. The summed E-state index contributed by atoms with van der Waals surface area (Å²) >= 11 is 1.78. The molecule has 27 heavy (non-hydrogen) atoms. The molecule has 140 valence electrons. The summed E-state index contributed by atoms with van der Waals surface area (Å²) < 4.78 is 6.91. The Morgan fingerprint density at radius 3 is 2.59 bits per heavy atom. The van der Waals surface area contributed by atoms with Gasteiger partial charge in [-0.2, -0.15) is 0 Å². The average Bonchev–Trinajstić information content (AvgIpc) is 3.17. The monoisotopic (exact) mass is 380 g/mol. The summed E-state index contributed by atoms with van der Waals surface area (Å²) in [4.78, 5) is 19.2. The molecule has 1 fully saturated rings. The molecule has 0 bridgehead atoms. The largest absolute Gasteiger partial charge is 0.484 e. The molecule has 4 nitrogen and oxygen atoms in total. The second kappa shape index (κ2) is 8.09. The Morgan fingerprint density at radius 2 is 1.89 bits per heavy atom. The smallest absolute Gasteiger partial charge is 0.260 e. The van der Waals surface area contributed by atoms with Crippen molar-refractivity contribution in [2.45, 2.75) is 32.1 Å². The lowest BCUT2D eigenvalue weighted by molar-refractivity contribution is -0.134. The van der Waals surface area contributed by atoms with E-state index >= 15 is 0 Å². The molecule has 0 atom stereocenters. The van der Waals surface area contributed by atoms with Crippen molar-refractivity contribution < 1.29 is 9.53 Å². The van der Waals surface area contributed by atoms with E-state index in [0.29, 0.717) is 5.92 Å². The van der Waals surface area contributed by atoms with Crippen LogP contribution in [0.4, 0.5) is 0 Å². The summed E-state index contributed by atoms with van der Waals surface area (Å²) in [6.07, 6.45) is 2.94. The molecule has 2 heterocycles. The van der Waals surface area contributed by atoms with Gasteiger partial charge in [-0.3, -0.25) is 4.79 Å². The maximum Gasteiger partial charge on any atom is 0.260 e. The predicted molar refractivity (Wildman–Crippen MR) is 109 cm³/mol. The van der Waals surface area contributed by atoms with Gasteiger partial charge in [0.15, 0.2) is 6.61 Å². The Labute approximate surface area is 163 Å². The third kappa shape index (κ3) is 4.14. The molecule has 0 spiro atoms. The average molecular weight is 381 g/mol. The lowest BCUT2D eigenvalue weighted by Crippen LogP contribution is -2.40. The van der Waals surface area contributed by atoms with E-state index < -0.39 is 0 Å². The number of rotatable bonds is 5. The van der Waals surface area contributed by atoms with Crippen LogP contribution in [0.1, 0.15) is 36.3 Å². The molecule has 5 heteroatoms. The molecule has 1 aliphatic heterocycles. The number of amides is 1. The second-order valence-corrected chi connectivity index (χ2v) is 8.02. The van der Waals surface area contributed by atoms with Crippen molar-refractivity contribution in [1.29, 1.82) is 0 Å². The molecule has 0 radical (unpaired) electrons. The fourth-order valence-electron chi connectivity index (χ4n) is 3.50. The Kier molecular flexibility index (Phi) is 5.39. The molecule has 0 saturated carbocycles. The number of aromatic nitrogens is 1. The number of piperidine rings is 1. The number of thiazole rings is 1. The van der Waals surface area contributed by atoms with Crippen LogP contribution < -0.4 is 4.74 Å². The highest BCUT2D eigenvalue weighted by atomic mass is 32.1. The minimum absolute atomic E-state index is 0.0670. The van der Waals surface area contributed by atoms with Crippen LogP contribution in [0.3, 0.4) is 0 Å². The molecule has 1 aliphatic rings. The standard InChI is InChI=1S/C22H24N2O2S/c1-2-16-7-9-18(10-8-16)26-15-21(25)24-13-11-17(12-14-24)22-23-19-5-3-4-6-20(19)27-22/h3-10,17H,2,11-15H2,1H3. The summed E-state index contributed by atoms with van der Waals surface area (Å²) in [5, 5.41) is 1.20. The number of nitrogens with zero attached hydrogens (tertiary/aromatic N) is 2. The SMILES string of the molecule is CCc1ccc(OCC(=O)N2CCC(c3nc4ccccc4s3)CC2)cc1. The van der Waals surface area contributed by atoms with Gasteiger partial charge in [-0.1, -0.05) is 31.2 Å². The Balaban J connectivity index is 1.29. The molecular formula is C22H24N2O2S. The van der Waals surface area contributed by atoms with Crippen molar-refractivity contribution in [3.63, 3.8) is 0 Å². The summed E-state index contributed by atoms with van der Waals surface area (Å²) in [5.74, 6) is 1.27. The highest BCUT2D eigenvalue weighted by molar-refractivity contribution is 7.18. The maximum atomic E-state index is 12.5. The normalized spacial score (nSPS) is 15.2. The van der Waals surface area contributed by atoms with E-state index in [1.807, 2.05) is 35.2 Å². The quantitative estimate of drug-likeness (QED) is 0.647. The zero-order valence-corrected chi connectivity index (χ0v) is 16.4. The first kappa shape index (κ1) is 18.0. The molecular weight excluding hydrogens is 356 g/mol. The van der Waals surface area contributed by atoms with Gasteiger partial charge in [0.25, 0.3) is 5.91 Å². The minimum Gasteiger partial charge on any atom is -0.484 e. The number of para-hydroxylation sites is 1. The Hall–Kier alpha value is -2.40. The van der Waals surface area contributed by atoms with Crippen LogP contribution in [0.2, 0.25) is 0 Å². The van der Waals surface area contributed by atoms with Crippen LogP contribution in [0.5, 0.6) is 5.75 Å². The molecule has 1 aromatic heterocycles. The Morgan fingerprint density at radius 1 is 1.15 bits per heavy atom. The number of benzene rings is 2.